The number of likely N-dealkylation sites (N-methyl/N-ethyl adjacent to an activating group) is 1. The Morgan fingerprint density at radius 2 is 2.16 bits per heavy atom. The molecule has 1 amide bonds. The zero-order chi connectivity index (χ0) is 13.2. The van der Waals surface area contributed by atoms with Crippen LogP contribution in [0.1, 0.15) is 25.7 Å². The Labute approximate surface area is 115 Å². The average Bonchev–Trinajstić information content (AvgIpc) is 2.88. The number of piperidine rings is 1. The lowest BCUT2D eigenvalue weighted by molar-refractivity contribution is -0.140. The van der Waals surface area contributed by atoms with Gasteiger partial charge in [0.05, 0.1) is 18.8 Å². The van der Waals surface area contributed by atoms with Gasteiger partial charge in [0, 0.05) is 25.7 Å². The fraction of sp³-hybridized carbons (Fsp3) is 0.929. The third-order valence-corrected chi connectivity index (χ3v) is 4.76. The molecule has 3 saturated heterocycles. The van der Waals surface area contributed by atoms with E-state index >= 15 is 0 Å². The van der Waals surface area contributed by atoms with Crippen LogP contribution in [0.25, 0.3) is 0 Å². The molecule has 3 atom stereocenters. The monoisotopic (exact) mass is 267 g/mol. The summed E-state index contributed by atoms with van der Waals surface area (Å²) in [6, 6.07) is 0.648. The highest BCUT2D eigenvalue weighted by molar-refractivity contribution is 5.82. The first-order valence-corrected chi connectivity index (χ1v) is 7.59. The molecule has 19 heavy (non-hydrogen) atoms. The number of fused-ring (bicyclic) bond motifs is 1. The van der Waals surface area contributed by atoms with E-state index in [1.807, 2.05) is 11.9 Å². The van der Waals surface area contributed by atoms with E-state index in [-0.39, 0.29) is 18.1 Å². The van der Waals surface area contributed by atoms with Crippen LogP contribution in [0.3, 0.4) is 0 Å². The number of morpholine rings is 1. The van der Waals surface area contributed by atoms with E-state index < -0.39 is 0 Å². The minimum Gasteiger partial charge on any atom is -0.373 e. The molecule has 5 heteroatoms. The number of nitrogens with zero attached hydrogens (tertiary/aromatic N) is 2. The van der Waals surface area contributed by atoms with Gasteiger partial charge >= 0.3 is 0 Å². The number of rotatable bonds is 3. The van der Waals surface area contributed by atoms with Crippen LogP contribution in [0.2, 0.25) is 0 Å². The number of carbonyl (C=O) groups is 1. The third-order valence-electron chi connectivity index (χ3n) is 4.76. The largest absolute Gasteiger partial charge is 0.373 e. The number of hydrogen-bond donors (Lipinski definition) is 1. The normalized spacial score (nSPS) is 36.6. The highest BCUT2D eigenvalue weighted by Crippen LogP contribution is 2.23. The van der Waals surface area contributed by atoms with E-state index in [4.69, 9.17) is 4.74 Å². The minimum atomic E-state index is 0.0110. The molecule has 3 heterocycles. The van der Waals surface area contributed by atoms with Crippen molar-refractivity contribution in [2.24, 2.45) is 0 Å². The summed E-state index contributed by atoms with van der Waals surface area (Å²) in [7, 11) is 1.87. The third kappa shape index (κ3) is 2.78. The van der Waals surface area contributed by atoms with Gasteiger partial charge in [-0.15, -0.1) is 0 Å². The molecule has 3 fully saturated rings. The van der Waals surface area contributed by atoms with Gasteiger partial charge in [-0.1, -0.05) is 0 Å². The van der Waals surface area contributed by atoms with Crippen molar-refractivity contribution >= 4 is 5.91 Å². The van der Waals surface area contributed by atoms with Crippen LogP contribution in [-0.4, -0.2) is 73.7 Å². The van der Waals surface area contributed by atoms with Crippen molar-refractivity contribution in [3.8, 4) is 0 Å². The number of carbonyl (C=O) groups excluding carboxylic acids is 1. The minimum absolute atomic E-state index is 0.0110. The molecule has 0 aliphatic carbocycles. The van der Waals surface area contributed by atoms with Gasteiger partial charge in [0.2, 0.25) is 5.91 Å². The zero-order valence-corrected chi connectivity index (χ0v) is 11.8. The molecular formula is C14H25N3O2. The molecule has 0 aromatic carbocycles. The summed E-state index contributed by atoms with van der Waals surface area (Å²) in [5.74, 6) is 0.251. The van der Waals surface area contributed by atoms with Crippen LogP contribution >= 0.6 is 0 Å². The zero-order valence-electron chi connectivity index (χ0n) is 11.8. The van der Waals surface area contributed by atoms with Crippen LogP contribution in [0, 0.1) is 0 Å². The number of likely N-dealkylation sites (tertiary alicyclic amines) is 1. The summed E-state index contributed by atoms with van der Waals surface area (Å²) < 4.78 is 5.96. The number of nitrogens with one attached hydrogen (secondary N) is 1. The summed E-state index contributed by atoms with van der Waals surface area (Å²) >= 11 is 0. The highest BCUT2D eigenvalue weighted by atomic mass is 16.5. The van der Waals surface area contributed by atoms with Crippen molar-refractivity contribution < 1.29 is 9.53 Å². The van der Waals surface area contributed by atoms with Gasteiger partial charge in [0.25, 0.3) is 0 Å². The second-order valence-electron chi connectivity index (χ2n) is 6.01. The van der Waals surface area contributed by atoms with Gasteiger partial charge in [-0.25, -0.2) is 0 Å². The Morgan fingerprint density at radius 1 is 1.32 bits per heavy atom. The smallest absolute Gasteiger partial charge is 0.239 e. The average molecular weight is 267 g/mol. The van der Waals surface area contributed by atoms with Crippen molar-refractivity contribution in [1.82, 2.24) is 15.1 Å². The summed E-state index contributed by atoms with van der Waals surface area (Å²) in [6.07, 6.45) is 4.83. The molecule has 0 spiro atoms. The standard InChI is InChI=1S/C14H25N3O2/c1-15-13-5-3-7-17(14(13)18)9-12-8-16-6-2-4-11(16)10-19-12/h11-13,15H,2-10H2,1H3. The molecule has 3 unspecified atom stereocenters. The van der Waals surface area contributed by atoms with Crippen LogP contribution < -0.4 is 5.32 Å². The van der Waals surface area contributed by atoms with Crippen molar-refractivity contribution in [3.63, 3.8) is 0 Å². The molecule has 0 aromatic rings. The molecule has 108 valence electrons. The maximum atomic E-state index is 12.3. The van der Waals surface area contributed by atoms with Crippen LogP contribution in [-0.2, 0) is 9.53 Å². The number of ether oxygens (including phenoxy) is 1. The number of hydrogen-bond acceptors (Lipinski definition) is 4. The first-order valence-electron chi connectivity index (χ1n) is 7.59. The second-order valence-corrected chi connectivity index (χ2v) is 6.01. The number of amides is 1. The lowest BCUT2D eigenvalue weighted by Crippen LogP contribution is -2.55. The van der Waals surface area contributed by atoms with Crippen LogP contribution in [0.15, 0.2) is 0 Å². The lowest BCUT2D eigenvalue weighted by Gasteiger charge is -2.39. The van der Waals surface area contributed by atoms with Gasteiger partial charge < -0.3 is 15.0 Å². The van der Waals surface area contributed by atoms with Gasteiger partial charge in [-0.3, -0.25) is 9.69 Å². The fourth-order valence-electron chi connectivity index (χ4n) is 3.63. The van der Waals surface area contributed by atoms with Crippen molar-refractivity contribution in [1.29, 1.82) is 0 Å². The Bertz CT molecular complexity index is 337. The Hall–Kier alpha value is -0.650. The van der Waals surface area contributed by atoms with E-state index in [1.54, 1.807) is 0 Å². The van der Waals surface area contributed by atoms with Gasteiger partial charge in [0.1, 0.15) is 0 Å². The molecule has 5 nitrogen and oxygen atoms in total. The van der Waals surface area contributed by atoms with E-state index in [2.05, 4.69) is 10.2 Å². The molecule has 0 saturated carbocycles. The molecule has 3 aliphatic rings. The SMILES string of the molecule is CNC1CCCN(CC2CN3CCCC3CO2)C1=O. The topological polar surface area (TPSA) is 44.8 Å². The molecule has 0 bridgehead atoms. The van der Waals surface area contributed by atoms with Gasteiger partial charge in [-0.05, 0) is 39.3 Å². The Balaban J connectivity index is 1.54. The molecule has 0 aromatic heterocycles. The summed E-state index contributed by atoms with van der Waals surface area (Å²) in [5.41, 5.74) is 0. The van der Waals surface area contributed by atoms with E-state index in [9.17, 15) is 4.79 Å². The maximum Gasteiger partial charge on any atom is 0.239 e. The predicted molar refractivity (Wildman–Crippen MR) is 73.0 cm³/mol. The lowest BCUT2D eigenvalue weighted by atomic mass is 10.0. The summed E-state index contributed by atoms with van der Waals surface area (Å²) in [4.78, 5) is 16.8. The predicted octanol–water partition coefficient (Wildman–Crippen LogP) is 0.0600. The van der Waals surface area contributed by atoms with E-state index in [0.29, 0.717) is 6.04 Å². The molecule has 3 aliphatic heterocycles. The molecular weight excluding hydrogens is 242 g/mol. The van der Waals surface area contributed by atoms with E-state index in [0.717, 1.165) is 39.1 Å². The Morgan fingerprint density at radius 3 is 3.00 bits per heavy atom. The second kappa shape index (κ2) is 5.77. The van der Waals surface area contributed by atoms with Gasteiger partial charge in [-0.2, -0.15) is 0 Å². The Kier molecular flexibility index (Phi) is 4.05. The highest BCUT2D eigenvalue weighted by Gasteiger charge is 2.35. The van der Waals surface area contributed by atoms with Crippen molar-refractivity contribution in [3.05, 3.63) is 0 Å². The van der Waals surface area contributed by atoms with Crippen molar-refractivity contribution in [2.75, 3.05) is 39.8 Å². The van der Waals surface area contributed by atoms with Crippen LogP contribution in [0.5, 0.6) is 0 Å². The summed E-state index contributed by atoms with van der Waals surface area (Å²) in [5, 5.41) is 3.12. The van der Waals surface area contributed by atoms with E-state index in [1.165, 1.54) is 19.4 Å². The van der Waals surface area contributed by atoms with Crippen LogP contribution in [0.4, 0.5) is 0 Å². The molecule has 1 N–H and O–H groups in total. The summed E-state index contributed by atoms with van der Waals surface area (Å²) in [6.45, 7) is 4.71. The molecule has 3 rings (SSSR count). The maximum absolute atomic E-state index is 12.3. The first kappa shape index (κ1) is 13.3. The van der Waals surface area contributed by atoms with Gasteiger partial charge in [0.15, 0.2) is 0 Å². The van der Waals surface area contributed by atoms with Crippen molar-refractivity contribution in [2.45, 2.75) is 43.9 Å². The quantitative estimate of drug-likeness (QED) is 0.785. The molecule has 0 radical (unpaired) electrons. The first-order chi connectivity index (χ1) is 9.28. The fourth-order valence-corrected chi connectivity index (χ4v) is 3.63.